The number of rotatable bonds is 4. The monoisotopic (exact) mass is 409 g/mol. The van der Waals surface area contributed by atoms with Gasteiger partial charge in [-0.2, -0.15) is 0 Å². The standard InChI is InChI=1S/C17H14BrClFN3O/c1-22(8-11-6-12(18)2-4-15(11)20)10-14-7-17(24)23-9-13(19)3-5-16(23)21-14/h2-7,9H,8,10H2,1H3. The SMILES string of the molecule is CN(Cc1cc(=O)n2cc(Cl)ccc2n1)Cc1cc(Br)ccc1F. The number of pyridine rings is 1. The van der Waals surface area contributed by atoms with Crippen LogP contribution in [0.4, 0.5) is 4.39 Å². The quantitative estimate of drug-likeness (QED) is 0.655. The van der Waals surface area contributed by atoms with Crippen LogP contribution in [0.5, 0.6) is 0 Å². The summed E-state index contributed by atoms with van der Waals surface area (Å²) in [5.74, 6) is -0.258. The lowest BCUT2D eigenvalue weighted by atomic mass is 10.2. The van der Waals surface area contributed by atoms with Gasteiger partial charge in [-0.15, -0.1) is 0 Å². The molecule has 0 saturated carbocycles. The van der Waals surface area contributed by atoms with Gasteiger partial charge in [0.2, 0.25) is 0 Å². The Balaban J connectivity index is 1.83. The van der Waals surface area contributed by atoms with E-state index in [2.05, 4.69) is 20.9 Å². The molecule has 1 aromatic carbocycles. The molecule has 3 rings (SSSR count). The van der Waals surface area contributed by atoms with Gasteiger partial charge in [-0.1, -0.05) is 27.5 Å². The molecule has 0 aliphatic carbocycles. The smallest absolute Gasteiger partial charge is 0.258 e. The predicted octanol–water partition coefficient (Wildman–Crippen LogP) is 3.88. The molecule has 124 valence electrons. The van der Waals surface area contributed by atoms with E-state index in [0.717, 1.165) is 4.47 Å². The minimum Gasteiger partial charge on any atom is -0.296 e. The topological polar surface area (TPSA) is 37.6 Å². The van der Waals surface area contributed by atoms with Crippen molar-refractivity contribution in [3.63, 3.8) is 0 Å². The number of hydrogen-bond donors (Lipinski definition) is 0. The van der Waals surface area contributed by atoms with E-state index in [1.165, 1.54) is 22.7 Å². The van der Waals surface area contributed by atoms with E-state index >= 15 is 0 Å². The lowest BCUT2D eigenvalue weighted by Crippen LogP contribution is -2.22. The summed E-state index contributed by atoms with van der Waals surface area (Å²) >= 11 is 9.24. The fourth-order valence-corrected chi connectivity index (χ4v) is 3.06. The molecule has 0 aliphatic rings. The van der Waals surface area contributed by atoms with Gasteiger partial charge < -0.3 is 0 Å². The zero-order valence-corrected chi connectivity index (χ0v) is 15.2. The van der Waals surface area contributed by atoms with Crippen molar-refractivity contribution in [1.29, 1.82) is 0 Å². The van der Waals surface area contributed by atoms with Crippen LogP contribution in [0, 0.1) is 5.82 Å². The third-order valence-corrected chi connectivity index (χ3v) is 4.27. The summed E-state index contributed by atoms with van der Waals surface area (Å²) in [7, 11) is 1.85. The normalized spacial score (nSPS) is 11.4. The van der Waals surface area contributed by atoms with Crippen molar-refractivity contribution in [3.05, 3.63) is 79.5 Å². The van der Waals surface area contributed by atoms with Crippen molar-refractivity contribution >= 4 is 33.2 Å². The third-order valence-electron chi connectivity index (χ3n) is 3.56. The second-order valence-electron chi connectivity index (χ2n) is 5.57. The van der Waals surface area contributed by atoms with Crippen LogP contribution in [0.15, 0.2) is 51.9 Å². The number of benzene rings is 1. The highest BCUT2D eigenvalue weighted by atomic mass is 79.9. The zero-order valence-electron chi connectivity index (χ0n) is 12.8. The molecule has 0 bridgehead atoms. The molecule has 2 aromatic heterocycles. The number of aromatic nitrogens is 2. The highest BCUT2D eigenvalue weighted by Gasteiger charge is 2.09. The Labute approximate surface area is 151 Å². The minimum absolute atomic E-state index is 0.195. The van der Waals surface area contributed by atoms with E-state index in [0.29, 0.717) is 35.0 Å². The predicted molar refractivity (Wildman–Crippen MR) is 95.7 cm³/mol. The maximum Gasteiger partial charge on any atom is 0.258 e. The van der Waals surface area contributed by atoms with Gasteiger partial charge in [0, 0.05) is 35.4 Å². The van der Waals surface area contributed by atoms with Crippen molar-refractivity contribution in [3.8, 4) is 0 Å². The molecule has 0 fully saturated rings. The van der Waals surface area contributed by atoms with Gasteiger partial charge in [0.25, 0.3) is 5.56 Å². The zero-order chi connectivity index (χ0) is 17.3. The molecule has 7 heteroatoms. The van der Waals surface area contributed by atoms with Gasteiger partial charge in [-0.3, -0.25) is 14.1 Å². The number of nitrogens with zero attached hydrogens (tertiary/aromatic N) is 3. The van der Waals surface area contributed by atoms with Gasteiger partial charge in [0.15, 0.2) is 0 Å². The van der Waals surface area contributed by atoms with E-state index in [1.807, 2.05) is 11.9 Å². The Bertz CT molecular complexity index is 960. The molecular weight excluding hydrogens is 397 g/mol. The molecule has 0 unspecified atom stereocenters. The molecule has 4 nitrogen and oxygen atoms in total. The van der Waals surface area contributed by atoms with Crippen molar-refractivity contribution in [2.24, 2.45) is 0 Å². The second-order valence-corrected chi connectivity index (χ2v) is 6.92. The summed E-state index contributed by atoms with van der Waals surface area (Å²) in [5.41, 5.74) is 1.54. The van der Waals surface area contributed by atoms with Crippen LogP contribution >= 0.6 is 27.5 Å². The van der Waals surface area contributed by atoms with E-state index in [4.69, 9.17) is 11.6 Å². The molecule has 0 atom stereocenters. The van der Waals surface area contributed by atoms with Crippen LogP contribution in [0.25, 0.3) is 5.65 Å². The van der Waals surface area contributed by atoms with Gasteiger partial charge >= 0.3 is 0 Å². The molecule has 0 saturated heterocycles. The first kappa shape index (κ1) is 17.1. The van der Waals surface area contributed by atoms with Crippen LogP contribution in [0.3, 0.4) is 0 Å². The van der Waals surface area contributed by atoms with E-state index < -0.39 is 0 Å². The van der Waals surface area contributed by atoms with Gasteiger partial charge in [-0.25, -0.2) is 9.37 Å². The lowest BCUT2D eigenvalue weighted by Gasteiger charge is -2.17. The van der Waals surface area contributed by atoms with Gasteiger partial charge in [0.05, 0.1) is 10.7 Å². The highest BCUT2D eigenvalue weighted by molar-refractivity contribution is 9.10. The number of halogens is 3. The summed E-state index contributed by atoms with van der Waals surface area (Å²) in [6, 6.07) is 9.69. The average Bonchev–Trinajstić information content (AvgIpc) is 2.52. The van der Waals surface area contributed by atoms with Gasteiger partial charge in [-0.05, 0) is 37.4 Å². The summed E-state index contributed by atoms with van der Waals surface area (Å²) in [4.78, 5) is 18.5. The van der Waals surface area contributed by atoms with Crippen molar-refractivity contribution in [1.82, 2.24) is 14.3 Å². The maximum absolute atomic E-state index is 13.9. The maximum atomic E-state index is 13.9. The fourth-order valence-electron chi connectivity index (χ4n) is 2.49. The van der Waals surface area contributed by atoms with Crippen LogP contribution in [-0.4, -0.2) is 21.3 Å². The Morgan fingerprint density at radius 3 is 2.83 bits per heavy atom. The second kappa shape index (κ2) is 7.01. The highest BCUT2D eigenvalue weighted by Crippen LogP contribution is 2.17. The van der Waals surface area contributed by atoms with E-state index in [9.17, 15) is 9.18 Å². The van der Waals surface area contributed by atoms with Crippen LogP contribution in [0.2, 0.25) is 5.02 Å². The lowest BCUT2D eigenvalue weighted by molar-refractivity contribution is 0.309. The summed E-state index contributed by atoms with van der Waals surface area (Å²) in [6.45, 7) is 0.841. The van der Waals surface area contributed by atoms with Crippen LogP contribution in [-0.2, 0) is 13.1 Å². The average molecular weight is 411 g/mol. The molecule has 0 aliphatic heterocycles. The molecular formula is C17H14BrClFN3O. The molecule has 0 spiro atoms. The Hall–Kier alpha value is -1.76. The Morgan fingerprint density at radius 2 is 2.04 bits per heavy atom. The third kappa shape index (κ3) is 3.83. The summed E-state index contributed by atoms with van der Waals surface area (Å²) in [6.07, 6.45) is 1.54. The minimum atomic E-state index is -0.258. The first-order valence-corrected chi connectivity index (χ1v) is 8.40. The fraction of sp³-hybridized carbons (Fsp3) is 0.176. The van der Waals surface area contributed by atoms with Crippen LogP contribution < -0.4 is 5.56 Å². The molecule has 24 heavy (non-hydrogen) atoms. The van der Waals surface area contributed by atoms with Crippen molar-refractivity contribution in [2.45, 2.75) is 13.1 Å². The Morgan fingerprint density at radius 1 is 1.25 bits per heavy atom. The molecule has 0 radical (unpaired) electrons. The van der Waals surface area contributed by atoms with E-state index in [1.54, 1.807) is 24.3 Å². The first-order chi connectivity index (χ1) is 11.4. The van der Waals surface area contributed by atoms with Crippen LogP contribution in [0.1, 0.15) is 11.3 Å². The number of hydrogen-bond acceptors (Lipinski definition) is 3. The van der Waals surface area contributed by atoms with Crippen molar-refractivity contribution in [2.75, 3.05) is 7.05 Å². The largest absolute Gasteiger partial charge is 0.296 e. The molecule has 2 heterocycles. The number of fused-ring (bicyclic) bond motifs is 1. The molecule has 0 amide bonds. The van der Waals surface area contributed by atoms with Crippen molar-refractivity contribution < 1.29 is 4.39 Å². The summed E-state index contributed by atoms with van der Waals surface area (Å²) < 4.78 is 16.1. The van der Waals surface area contributed by atoms with E-state index in [-0.39, 0.29) is 11.4 Å². The molecule has 0 N–H and O–H groups in total. The summed E-state index contributed by atoms with van der Waals surface area (Å²) in [5, 5.41) is 0.474. The Kier molecular flexibility index (Phi) is 4.99. The van der Waals surface area contributed by atoms with Gasteiger partial charge in [0.1, 0.15) is 11.5 Å². The first-order valence-electron chi connectivity index (χ1n) is 7.23. The molecule has 3 aromatic rings.